The van der Waals surface area contributed by atoms with Crippen molar-refractivity contribution >= 4 is 21.7 Å². The Morgan fingerprint density at radius 3 is 2.75 bits per heavy atom. The lowest BCUT2D eigenvalue weighted by Gasteiger charge is -2.21. The number of hydrogen-bond donors (Lipinski definition) is 0. The van der Waals surface area contributed by atoms with E-state index >= 15 is 0 Å². The fourth-order valence-corrected chi connectivity index (χ4v) is 1.99. The first-order valence-electron chi connectivity index (χ1n) is 5.35. The minimum Gasteiger partial charge on any atom is -0.478 e. The van der Waals surface area contributed by atoms with Gasteiger partial charge in [-0.1, -0.05) is 22.9 Å². The van der Waals surface area contributed by atoms with Gasteiger partial charge in [0.15, 0.2) is 0 Å². The summed E-state index contributed by atoms with van der Waals surface area (Å²) in [7, 11) is 2.02. The van der Waals surface area contributed by atoms with E-state index in [2.05, 4.69) is 37.7 Å². The summed E-state index contributed by atoms with van der Waals surface area (Å²) < 4.78 is 5.44. The summed E-state index contributed by atoms with van der Waals surface area (Å²) in [6.07, 6.45) is 1.54. The smallest absolute Gasteiger partial charge is 0.221 e. The second-order valence-electron chi connectivity index (χ2n) is 3.72. The van der Waals surface area contributed by atoms with E-state index in [1.54, 1.807) is 6.33 Å². The molecule has 1 rings (SSSR count). The molecule has 0 aliphatic carbocycles. The van der Waals surface area contributed by atoms with Gasteiger partial charge in [0.2, 0.25) is 5.88 Å². The van der Waals surface area contributed by atoms with E-state index < -0.39 is 0 Å². The average molecular weight is 288 g/mol. The van der Waals surface area contributed by atoms with E-state index in [9.17, 15) is 0 Å². The molecule has 90 valence electrons. The monoisotopic (exact) mass is 287 g/mol. The Kier molecular flexibility index (Phi) is 4.99. The van der Waals surface area contributed by atoms with Gasteiger partial charge in [0.1, 0.15) is 12.1 Å². The maximum absolute atomic E-state index is 5.44. The molecular formula is C11H18BrN3O. The highest BCUT2D eigenvalue weighted by Crippen LogP contribution is 2.23. The first-order chi connectivity index (χ1) is 7.56. The Morgan fingerprint density at radius 1 is 1.50 bits per heavy atom. The second kappa shape index (κ2) is 6.03. The van der Waals surface area contributed by atoms with Crippen LogP contribution in [0.4, 0.5) is 5.82 Å². The van der Waals surface area contributed by atoms with Crippen molar-refractivity contribution < 1.29 is 4.74 Å². The van der Waals surface area contributed by atoms with Crippen LogP contribution in [0.15, 0.2) is 6.33 Å². The summed E-state index contributed by atoms with van der Waals surface area (Å²) in [6.45, 7) is 7.55. The van der Waals surface area contributed by atoms with Gasteiger partial charge in [0.25, 0.3) is 0 Å². The lowest BCUT2D eigenvalue weighted by atomic mass is 10.3. The zero-order valence-corrected chi connectivity index (χ0v) is 11.8. The highest BCUT2D eigenvalue weighted by atomic mass is 79.9. The highest BCUT2D eigenvalue weighted by molar-refractivity contribution is 9.09. The Morgan fingerprint density at radius 2 is 2.19 bits per heavy atom. The van der Waals surface area contributed by atoms with Crippen LogP contribution >= 0.6 is 15.9 Å². The SMILES string of the molecule is CCOc1ncnc(N(C)CC(C)Br)c1C. The van der Waals surface area contributed by atoms with Gasteiger partial charge in [0.05, 0.1) is 12.2 Å². The molecule has 4 nitrogen and oxygen atoms in total. The lowest BCUT2D eigenvalue weighted by molar-refractivity contribution is 0.323. The lowest BCUT2D eigenvalue weighted by Crippen LogP contribution is -2.25. The molecule has 0 N–H and O–H groups in total. The van der Waals surface area contributed by atoms with Crippen LogP contribution in [0.25, 0.3) is 0 Å². The summed E-state index contributed by atoms with van der Waals surface area (Å²) in [5.41, 5.74) is 0.986. The summed E-state index contributed by atoms with van der Waals surface area (Å²) in [5, 5.41) is 0. The van der Waals surface area contributed by atoms with Crippen molar-refractivity contribution in [3.63, 3.8) is 0 Å². The molecule has 0 fully saturated rings. The molecular weight excluding hydrogens is 270 g/mol. The van der Waals surface area contributed by atoms with Gasteiger partial charge in [-0.15, -0.1) is 0 Å². The number of anilines is 1. The summed E-state index contributed by atoms with van der Waals surface area (Å²) >= 11 is 3.53. The quantitative estimate of drug-likeness (QED) is 0.780. The van der Waals surface area contributed by atoms with Gasteiger partial charge in [-0.25, -0.2) is 9.97 Å². The van der Waals surface area contributed by atoms with Crippen molar-refractivity contribution in [3.05, 3.63) is 11.9 Å². The van der Waals surface area contributed by atoms with E-state index in [1.165, 1.54) is 0 Å². The Balaban J connectivity index is 2.91. The minimum absolute atomic E-state index is 0.419. The number of halogens is 1. The van der Waals surface area contributed by atoms with E-state index in [4.69, 9.17) is 4.74 Å². The molecule has 0 saturated carbocycles. The van der Waals surface area contributed by atoms with Crippen LogP contribution in [0.2, 0.25) is 0 Å². The molecule has 1 unspecified atom stereocenters. The number of aromatic nitrogens is 2. The standard InChI is InChI=1S/C11H18BrN3O/c1-5-16-11-9(3)10(13-7-14-11)15(4)6-8(2)12/h7-8H,5-6H2,1-4H3. The molecule has 1 aromatic heterocycles. The maximum Gasteiger partial charge on any atom is 0.221 e. The summed E-state index contributed by atoms with van der Waals surface area (Å²) in [6, 6.07) is 0. The van der Waals surface area contributed by atoms with Crippen LogP contribution in [0, 0.1) is 6.92 Å². The van der Waals surface area contributed by atoms with Gasteiger partial charge in [-0.2, -0.15) is 0 Å². The number of rotatable bonds is 5. The molecule has 0 saturated heterocycles. The average Bonchev–Trinajstić information content (AvgIpc) is 2.20. The zero-order valence-electron chi connectivity index (χ0n) is 10.2. The van der Waals surface area contributed by atoms with Crippen molar-refractivity contribution in [2.45, 2.75) is 25.6 Å². The summed E-state index contributed by atoms with van der Waals surface area (Å²) in [5.74, 6) is 1.59. The molecule has 1 aromatic rings. The Bertz CT molecular complexity index is 344. The summed E-state index contributed by atoms with van der Waals surface area (Å²) in [4.78, 5) is 10.9. The van der Waals surface area contributed by atoms with Crippen LogP contribution in [-0.4, -0.2) is 35.0 Å². The first kappa shape index (κ1) is 13.2. The fraction of sp³-hybridized carbons (Fsp3) is 0.636. The number of alkyl halides is 1. The minimum atomic E-state index is 0.419. The molecule has 1 heterocycles. The van der Waals surface area contributed by atoms with Crippen molar-refractivity contribution in [3.8, 4) is 5.88 Å². The van der Waals surface area contributed by atoms with Crippen LogP contribution in [-0.2, 0) is 0 Å². The maximum atomic E-state index is 5.44. The molecule has 0 spiro atoms. The molecule has 1 atom stereocenters. The molecule has 0 aliphatic heterocycles. The Labute approximate surface area is 105 Å². The van der Waals surface area contributed by atoms with E-state index in [0.29, 0.717) is 17.3 Å². The third kappa shape index (κ3) is 3.33. The van der Waals surface area contributed by atoms with E-state index in [-0.39, 0.29) is 0 Å². The molecule has 5 heteroatoms. The molecule has 0 aliphatic rings. The molecule has 16 heavy (non-hydrogen) atoms. The van der Waals surface area contributed by atoms with Crippen molar-refractivity contribution in [1.29, 1.82) is 0 Å². The molecule has 0 bridgehead atoms. The molecule has 0 amide bonds. The van der Waals surface area contributed by atoms with Gasteiger partial charge < -0.3 is 9.64 Å². The predicted molar refractivity (Wildman–Crippen MR) is 69.6 cm³/mol. The molecule has 0 aromatic carbocycles. The fourth-order valence-electron chi connectivity index (χ4n) is 1.56. The highest BCUT2D eigenvalue weighted by Gasteiger charge is 2.12. The number of nitrogens with zero attached hydrogens (tertiary/aromatic N) is 3. The normalized spacial score (nSPS) is 12.3. The zero-order chi connectivity index (χ0) is 12.1. The van der Waals surface area contributed by atoms with Crippen LogP contribution in [0.3, 0.4) is 0 Å². The second-order valence-corrected chi connectivity index (χ2v) is 5.28. The topological polar surface area (TPSA) is 38.3 Å². The third-order valence-corrected chi connectivity index (χ3v) is 2.47. The van der Waals surface area contributed by atoms with Crippen molar-refractivity contribution in [1.82, 2.24) is 9.97 Å². The van der Waals surface area contributed by atoms with E-state index in [1.807, 2.05) is 20.9 Å². The van der Waals surface area contributed by atoms with Crippen molar-refractivity contribution in [2.75, 3.05) is 25.1 Å². The number of hydrogen-bond acceptors (Lipinski definition) is 4. The molecule has 0 radical (unpaired) electrons. The largest absolute Gasteiger partial charge is 0.478 e. The van der Waals surface area contributed by atoms with Crippen molar-refractivity contribution in [2.24, 2.45) is 0 Å². The number of ether oxygens (including phenoxy) is 1. The van der Waals surface area contributed by atoms with Gasteiger partial charge in [-0.3, -0.25) is 0 Å². The Hall–Kier alpha value is -0.840. The van der Waals surface area contributed by atoms with Gasteiger partial charge >= 0.3 is 0 Å². The predicted octanol–water partition coefficient (Wildman–Crippen LogP) is 2.40. The van der Waals surface area contributed by atoms with Crippen LogP contribution in [0.5, 0.6) is 5.88 Å². The van der Waals surface area contributed by atoms with Gasteiger partial charge in [0, 0.05) is 18.4 Å². The third-order valence-electron chi connectivity index (χ3n) is 2.18. The first-order valence-corrected chi connectivity index (χ1v) is 6.27. The van der Waals surface area contributed by atoms with Crippen LogP contribution in [0.1, 0.15) is 19.4 Å². The van der Waals surface area contributed by atoms with Gasteiger partial charge in [-0.05, 0) is 13.8 Å². The van der Waals surface area contributed by atoms with Crippen LogP contribution < -0.4 is 9.64 Å². The van der Waals surface area contributed by atoms with E-state index in [0.717, 1.165) is 17.9 Å².